The number of carboxylic acid groups (broad SMARTS) is 1. The molecule has 0 radical (unpaired) electrons. The summed E-state index contributed by atoms with van der Waals surface area (Å²) in [5.41, 5.74) is -2.73. The highest BCUT2D eigenvalue weighted by molar-refractivity contribution is 5.88. The Balaban J connectivity index is 7.30. The molecule has 27 heavy (non-hydrogen) atoms. The van der Waals surface area contributed by atoms with E-state index in [9.17, 15) is 14.7 Å². The fourth-order valence-electron chi connectivity index (χ4n) is 5.37. The maximum atomic E-state index is 13.5. The predicted molar refractivity (Wildman–Crippen MR) is 112 cm³/mol. The molecule has 2 unspecified atom stereocenters. The van der Waals surface area contributed by atoms with Gasteiger partial charge in [0.1, 0.15) is 0 Å². The van der Waals surface area contributed by atoms with Crippen LogP contribution in [0.5, 0.6) is 0 Å². The van der Waals surface area contributed by atoms with Crippen molar-refractivity contribution in [1.82, 2.24) is 0 Å². The Bertz CT molecular complexity index is 481. The van der Waals surface area contributed by atoms with Gasteiger partial charge in [0.15, 0.2) is 0 Å². The Hall–Kier alpha value is -1.06. The van der Waals surface area contributed by atoms with Gasteiger partial charge in [-0.2, -0.15) is 0 Å². The van der Waals surface area contributed by atoms with Crippen molar-refractivity contribution < 1.29 is 19.4 Å². The summed E-state index contributed by atoms with van der Waals surface area (Å²) < 4.78 is 5.35. The van der Waals surface area contributed by atoms with Crippen LogP contribution in [0.15, 0.2) is 0 Å². The Kier molecular flexibility index (Phi) is 8.61. The summed E-state index contributed by atoms with van der Waals surface area (Å²) in [6, 6.07) is 0. The lowest BCUT2D eigenvalue weighted by molar-refractivity contribution is -0.199. The third-order valence-electron chi connectivity index (χ3n) is 6.17. The van der Waals surface area contributed by atoms with Gasteiger partial charge in [0.25, 0.3) is 0 Å². The van der Waals surface area contributed by atoms with Gasteiger partial charge >= 0.3 is 11.9 Å². The lowest BCUT2D eigenvalue weighted by atomic mass is 9.45. The zero-order valence-corrected chi connectivity index (χ0v) is 19.7. The van der Waals surface area contributed by atoms with Crippen LogP contribution >= 0.6 is 0 Å². The molecule has 4 heteroatoms. The van der Waals surface area contributed by atoms with Gasteiger partial charge in [-0.25, -0.2) is 0 Å². The minimum absolute atomic E-state index is 0.159. The van der Waals surface area contributed by atoms with E-state index in [2.05, 4.69) is 41.5 Å². The van der Waals surface area contributed by atoms with Crippen molar-refractivity contribution in [2.24, 2.45) is 33.5 Å². The first kappa shape index (κ1) is 25.9. The predicted octanol–water partition coefficient (Wildman–Crippen LogP) is 6.18. The Morgan fingerprint density at radius 3 is 1.37 bits per heavy atom. The number of hydrogen-bond donors (Lipinski definition) is 1. The molecule has 0 aromatic carbocycles. The van der Waals surface area contributed by atoms with E-state index < -0.39 is 16.8 Å². The second-order valence-electron chi connectivity index (χ2n) is 10.8. The number of carboxylic acids is 1. The van der Waals surface area contributed by atoms with Crippen LogP contribution in [0.25, 0.3) is 0 Å². The third-order valence-corrected chi connectivity index (χ3v) is 6.17. The highest BCUT2D eigenvalue weighted by Gasteiger charge is 2.67. The lowest BCUT2D eigenvalue weighted by Crippen LogP contribution is -2.61. The number of carbonyl (C=O) groups is 2. The summed E-state index contributed by atoms with van der Waals surface area (Å²) in [4.78, 5) is 26.5. The molecule has 0 rings (SSSR count). The summed E-state index contributed by atoms with van der Waals surface area (Å²) >= 11 is 0. The standard InChI is InChI=1S/C23H44O4/c1-12-16(3)23(18(24)25,17(4)13-2)22(19(26)27-11,14-20(5,6)7)15-21(8,9)10/h16-17H,12-15H2,1-11H3,(H,24,25). The van der Waals surface area contributed by atoms with Crippen LogP contribution in [-0.4, -0.2) is 24.2 Å². The molecule has 0 spiro atoms. The van der Waals surface area contributed by atoms with Gasteiger partial charge in [0.05, 0.1) is 17.9 Å². The number of hydrogen-bond acceptors (Lipinski definition) is 3. The molecule has 0 aromatic heterocycles. The van der Waals surface area contributed by atoms with Crippen LogP contribution in [0.2, 0.25) is 0 Å². The third kappa shape index (κ3) is 5.26. The van der Waals surface area contributed by atoms with Crippen molar-refractivity contribution in [3.05, 3.63) is 0 Å². The molecule has 0 aliphatic heterocycles. The largest absolute Gasteiger partial charge is 0.481 e. The average Bonchev–Trinajstić information content (AvgIpc) is 2.50. The van der Waals surface area contributed by atoms with Crippen LogP contribution < -0.4 is 0 Å². The molecule has 0 fully saturated rings. The van der Waals surface area contributed by atoms with Gasteiger partial charge in [-0.05, 0) is 35.5 Å². The Morgan fingerprint density at radius 1 is 0.852 bits per heavy atom. The monoisotopic (exact) mass is 384 g/mol. The Morgan fingerprint density at radius 2 is 1.19 bits per heavy atom. The van der Waals surface area contributed by atoms with Gasteiger partial charge in [0, 0.05) is 0 Å². The lowest BCUT2D eigenvalue weighted by Gasteiger charge is -2.55. The number of ether oxygens (including phenoxy) is 1. The molecule has 0 amide bonds. The van der Waals surface area contributed by atoms with E-state index >= 15 is 0 Å². The summed E-state index contributed by atoms with van der Waals surface area (Å²) in [5.74, 6) is -1.57. The minimum Gasteiger partial charge on any atom is -0.481 e. The first-order chi connectivity index (χ1) is 12.1. The van der Waals surface area contributed by atoms with Crippen molar-refractivity contribution in [3.63, 3.8) is 0 Å². The minimum atomic E-state index is -1.19. The van der Waals surface area contributed by atoms with Crippen LogP contribution in [0.3, 0.4) is 0 Å². The van der Waals surface area contributed by atoms with E-state index in [0.717, 1.165) is 0 Å². The molecule has 0 aromatic rings. The zero-order chi connectivity index (χ0) is 21.8. The topological polar surface area (TPSA) is 63.6 Å². The van der Waals surface area contributed by atoms with Gasteiger partial charge in [-0.1, -0.05) is 82.1 Å². The van der Waals surface area contributed by atoms with E-state index in [4.69, 9.17) is 4.74 Å². The zero-order valence-electron chi connectivity index (χ0n) is 19.7. The first-order valence-corrected chi connectivity index (χ1v) is 10.4. The molecule has 1 N–H and O–H groups in total. The van der Waals surface area contributed by atoms with E-state index in [1.54, 1.807) is 0 Å². The molecule has 4 nitrogen and oxygen atoms in total. The molecule has 2 atom stereocenters. The van der Waals surface area contributed by atoms with Crippen molar-refractivity contribution in [3.8, 4) is 0 Å². The fourth-order valence-corrected chi connectivity index (χ4v) is 5.37. The van der Waals surface area contributed by atoms with Crippen LogP contribution in [0, 0.1) is 33.5 Å². The molecule has 0 aliphatic rings. The SMILES string of the molecule is CCC(C)C(C(=O)O)(C(C)CC)C(CC(C)(C)C)(CC(C)(C)C)C(=O)OC. The van der Waals surface area contributed by atoms with E-state index in [1.165, 1.54) is 7.11 Å². The highest BCUT2D eigenvalue weighted by Crippen LogP contribution is 2.61. The van der Waals surface area contributed by atoms with Crippen molar-refractivity contribution in [1.29, 1.82) is 0 Å². The van der Waals surface area contributed by atoms with Gasteiger partial charge < -0.3 is 9.84 Å². The summed E-state index contributed by atoms with van der Waals surface area (Å²) in [6.45, 7) is 20.5. The summed E-state index contributed by atoms with van der Waals surface area (Å²) in [6.07, 6.45) is 2.35. The molecule has 0 aliphatic carbocycles. The maximum absolute atomic E-state index is 13.5. The van der Waals surface area contributed by atoms with Crippen LogP contribution in [-0.2, 0) is 14.3 Å². The van der Waals surface area contributed by atoms with Crippen molar-refractivity contribution in [2.75, 3.05) is 7.11 Å². The second-order valence-corrected chi connectivity index (χ2v) is 10.8. The number of esters is 1. The van der Waals surface area contributed by atoms with Crippen molar-refractivity contribution >= 4 is 11.9 Å². The second kappa shape index (κ2) is 8.96. The summed E-state index contributed by atoms with van der Waals surface area (Å²) in [7, 11) is 1.39. The molecule has 0 heterocycles. The maximum Gasteiger partial charge on any atom is 0.313 e. The molecular weight excluding hydrogens is 340 g/mol. The quantitative estimate of drug-likeness (QED) is 0.482. The molecular formula is C23H44O4. The number of aliphatic carboxylic acids is 1. The summed E-state index contributed by atoms with van der Waals surface area (Å²) in [5, 5.41) is 10.7. The van der Waals surface area contributed by atoms with Crippen LogP contribution in [0.1, 0.15) is 94.9 Å². The average molecular weight is 385 g/mol. The number of methoxy groups -OCH3 is 1. The van der Waals surface area contributed by atoms with Gasteiger partial charge in [-0.15, -0.1) is 0 Å². The van der Waals surface area contributed by atoms with E-state index in [-0.39, 0.29) is 28.6 Å². The molecule has 0 bridgehead atoms. The molecule has 160 valence electrons. The first-order valence-electron chi connectivity index (χ1n) is 10.4. The normalized spacial score (nSPS) is 17.7. The van der Waals surface area contributed by atoms with E-state index in [0.29, 0.717) is 25.7 Å². The molecule has 0 saturated heterocycles. The number of carbonyl (C=O) groups excluding carboxylic acids is 1. The Labute approximate surface area is 167 Å². The molecule has 0 saturated carbocycles. The smallest absolute Gasteiger partial charge is 0.313 e. The fraction of sp³-hybridized carbons (Fsp3) is 0.913. The van der Waals surface area contributed by atoms with Crippen LogP contribution in [0.4, 0.5) is 0 Å². The van der Waals surface area contributed by atoms with Gasteiger partial charge in [-0.3, -0.25) is 9.59 Å². The van der Waals surface area contributed by atoms with Crippen molar-refractivity contribution in [2.45, 2.75) is 94.9 Å². The van der Waals surface area contributed by atoms with E-state index in [1.807, 2.05) is 27.7 Å². The highest BCUT2D eigenvalue weighted by atomic mass is 16.5. The number of rotatable bonds is 9. The van der Waals surface area contributed by atoms with Gasteiger partial charge in [0.2, 0.25) is 0 Å².